The van der Waals surface area contributed by atoms with Crippen LogP contribution in [0.1, 0.15) is 32.1 Å². The first-order chi connectivity index (χ1) is 8.24. The van der Waals surface area contributed by atoms with E-state index in [0.29, 0.717) is 18.3 Å². The first-order valence-electron chi connectivity index (χ1n) is 6.18. The third kappa shape index (κ3) is 3.76. The van der Waals surface area contributed by atoms with E-state index >= 15 is 0 Å². The Balaban J connectivity index is 1.70. The summed E-state index contributed by atoms with van der Waals surface area (Å²) < 4.78 is 6.75. The number of hydrogen-bond acceptors (Lipinski definition) is 4. The fourth-order valence-corrected chi connectivity index (χ4v) is 2.21. The lowest BCUT2D eigenvalue weighted by atomic mass is 9.90. The Kier molecular flexibility index (Phi) is 4.01. The predicted molar refractivity (Wildman–Crippen MR) is 64.2 cm³/mol. The van der Waals surface area contributed by atoms with Crippen LogP contribution in [-0.2, 0) is 16.1 Å². The topological polar surface area (TPSA) is 70.1 Å². The normalized spacial score (nSPS) is 16.9. The molecule has 5 nitrogen and oxygen atoms in total. The zero-order valence-electron chi connectivity index (χ0n) is 9.97. The highest BCUT2D eigenvalue weighted by molar-refractivity contribution is 5.69. The Morgan fingerprint density at radius 1 is 1.47 bits per heavy atom. The summed E-state index contributed by atoms with van der Waals surface area (Å²) in [4.78, 5) is 11.5. The highest BCUT2D eigenvalue weighted by Gasteiger charge is 2.15. The molecule has 17 heavy (non-hydrogen) atoms. The smallest absolute Gasteiger partial charge is 0.327 e. The fourth-order valence-electron chi connectivity index (χ4n) is 2.21. The van der Waals surface area contributed by atoms with E-state index in [1.807, 2.05) is 0 Å². The second-order valence-corrected chi connectivity index (χ2v) is 4.63. The minimum atomic E-state index is -0.237. The number of anilines is 1. The average Bonchev–Trinajstić information content (AvgIpc) is 2.73. The number of ether oxygens (including phenoxy) is 1. The van der Waals surface area contributed by atoms with Crippen LogP contribution in [0, 0.1) is 5.92 Å². The van der Waals surface area contributed by atoms with Gasteiger partial charge in [0.15, 0.2) is 0 Å². The molecule has 0 unspecified atom stereocenters. The van der Waals surface area contributed by atoms with Crippen molar-refractivity contribution >= 4 is 11.8 Å². The van der Waals surface area contributed by atoms with Crippen LogP contribution in [0.15, 0.2) is 12.3 Å². The van der Waals surface area contributed by atoms with E-state index in [4.69, 9.17) is 10.5 Å². The number of esters is 1. The first-order valence-corrected chi connectivity index (χ1v) is 6.18. The van der Waals surface area contributed by atoms with E-state index in [9.17, 15) is 4.79 Å². The summed E-state index contributed by atoms with van der Waals surface area (Å²) in [6.45, 7) is 0.694. The van der Waals surface area contributed by atoms with Gasteiger partial charge in [-0.3, -0.25) is 9.48 Å². The maximum atomic E-state index is 11.5. The molecule has 2 rings (SSSR count). The Labute approximate surface area is 101 Å². The Hall–Kier alpha value is -1.52. The van der Waals surface area contributed by atoms with E-state index in [-0.39, 0.29) is 12.5 Å². The molecule has 0 aromatic carbocycles. The van der Waals surface area contributed by atoms with E-state index in [0.717, 1.165) is 0 Å². The lowest BCUT2D eigenvalue weighted by molar-refractivity contribution is -0.146. The molecule has 1 aromatic rings. The number of aromatic nitrogens is 2. The summed E-state index contributed by atoms with van der Waals surface area (Å²) in [5.74, 6) is 0.735. The van der Waals surface area contributed by atoms with Gasteiger partial charge in [-0.15, -0.1) is 0 Å². The molecule has 1 aliphatic carbocycles. The number of carbonyl (C=O) groups excluding carboxylic acids is 1. The van der Waals surface area contributed by atoms with Gasteiger partial charge in [0, 0.05) is 6.20 Å². The van der Waals surface area contributed by atoms with Crippen molar-refractivity contribution in [3.8, 4) is 0 Å². The molecule has 1 fully saturated rings. The van der Waals surface area contributed by atoms with Gasteiger partial charge in [0.2, 0.25) is 0 Å². The largest absolute Gasteiger partial charge is 0.464 e. The molecule has 0 aliphatic heterocycles. The second-order valence-electron chi connectivity index (χ2n) is 4.63. The van der Waals surface area contributed by atoms with E-state index in [1.54, 1.807) is 12.3 Å². The molecule has 5 heteroatoms. The maximum Gasteiger partial charge on any atom is 0.327 e. The highest BCUT2D eigenvalue weighted by Crippen LogP contribution is 2.23. The third-order valence-electron chi connectivity index (χ3n) is 3.16. The summed E-state index contributed by atoms with van der Waals surface area (Å²) in [6, 6.07) is 1.66. The quantitative estimate of drug-likeness (QED) is 0.807. The van der Waals surface area contributed by atoms with Gasteiger partial charge in [0.25, 0.3) is 0 Å². The van der Waals surface area contributed by atoms with Gasteiger partial charge in [-0.25, -0.2) is 0 Å². The number of nitrogen functional groups attached to an aromatic ring is 1. The molecule has 0 atom stereocenters. The molecule has 1 aromatic heterocycles. The molecule has 94 valence electrons. The number of hydrogen-bond donors (Lipinski definition) is 1. The molecule has 0 bridgehead atoms. The molecule has 0 amide bonds. The minimum absolute atomic E-state index is 0.143. The van der Waals surface area contributed by atoms with Gasteiger partial charge in [0.1, 0.15) is 12.4 Å². The van der Waals surface area contributed by atoms with Gasteiger partial charge in [-0.2, -0.15) is 5.10 Å². The van der Waals surface area contributed by atoms with Crippen LogP contribution >= 0.6 is 0 Å². The van der Waals surface area contributed by atoms with Crippen molar-refractivity contribution in [2.75, 3.05) is 12.3 Å². The fraction of sp³-hybridized carbons (Fsp3) is 0.667. The Bertz CT molecular complexity index is 370. The van der Waals surface area contributed by atoms with Gasteiger partial charge in [-0.05, 0) is 24.8 Å². The number of carbonyl (C=O) groups is 1. The van der Waals surface area contributed by atoms with Crippen molar-refractivity contribution in [3.05, 3.63) is 12.3 Å². The maximum absolute atomic E-state index is 11.5. The molecular formula is C12H19N3O2. The lowest BCUT2D eigenvalue weighted by Crippen LogP contribution is -2.20. The summed E-state index contributed by atoms with van der Waals surface area (Å²) in [6.07, 6.45) is 7.88. The van der Waals surface area contributed by atoms with Crippen molar-refractivity contribution in [1.29, 1.82) is 0 Å². The summed E-state index contributed by atoms with van der Waals surface area (Å²) >= 11 is 0. The number of nitrogens with two attached hydrogens (primary N) is 1. The second kappa shape index (κ2) is 5.70. The third-order valence-corrected chi connectivity index (χ3v) is 3.16. The van der Waals surface area contributed by atoms with Crippen LogP contribution in [-0.4, -0.2) is 22.4 Å². The SMILES string of the molecule is Nc1ccn(CC(=O)OCC2CCCCC2)n1. The standard InChI is InChI=1S/C12H19N3O2/c13-11-6-7-15(14-11)8-12(16)17-9-10-4-2-1-3-5-10/h6-7,10H,1-5,8-9H2,(H2,13,14). The summed E-state index contributed by atoms with van der Waals surface area (Å²) in [7, 11) is 0. The first kappa shape index (κ1) is 12.0. The van der Waals surface area contributed by atoms with E-state index in [2.05, 4.69) is 5.10 Å². The molecule has 1 aliphatic rings. The monoisotopic (exact) mass is 237 g/mol. The van der Waals surface area contributed by atoms with Crippen molar-refractivity contribution in [2.24, 2.45) is 5.92 Å². The molecule has 0 spiro atoms. The van der Waals surface area contributed by atoms with Crippen LogP contribution < -0.4 is 5.73 Å². The Morgan fingerprint density at radius 3 is 2.88 bits per heavy atom. The average molecular weight is 237 g/mol. The van der Waals surface area contributed by atoms with Crippen LogP contribution in [0.2, 0.25) is 0 Å². The molecular weight excluding hydrogens is 218 g/mol. The predicted octanol–water partition coefficient (Wildman–Crippen LogP) is 1.59. The van der Waals surface area contributed by atoms with Crippen molar-refractivity contribution in [3.63, 3.8) is 0 Å². The van der Waals surface area contributed by atoms with Crippen molar-refractivity contribution < 1.29 is 9.53 Å². The van der Waals surface area contributed by atoms with Crippen LogP contribution in [0.3, 0.4) is 0 Å². The molecule has 0 saturated heterocycles. The van der Waals surface area contributed by atoms with E-state index < -0.39 is 0 Å². The molecule has 0 radical (unpaired) electrons. The summed E-state index contributed by atoms with van der Waals surface area (Å²) in [5, 5.41) is 3.94. The lowest BCUT2D eigenvalue weighted by Gasteiger charge is -2.20. The molecule has 2 N–H and O–H groups in total. The van der Waals surface area contributed by atoms with Gasteiger partial charge in [0.05, 0.1) is 6.61 Å². The van der Waals surface area contributed by atoms with Crippen LogP contribution in [0.5, 0.6) is 0 Å². The molecule has 1 heterocycles. The van der Waals surface area contributed by atoms with Gasteiger partial charge >= 0.3 is 5.97 Å². The zero-order chi connectivity index (χ0) is 12.1. The van der Waals surface area contributed by atoms with Crippen LogP contribution in [0.4, 0.5) is 5.82 Å². The van der Waals surface area contributed by atoms with Crippen LogP contribution in [0.25, 0.3) is 0 Å². The van der Waals surface area contributed by atoms with Gasteiger partial charge in [-0.1, -0.05) is 19.3 Å². The highest BCUT2D eigenvalue weighted by atomic mass is 16.5. The molecule has 1 saturated carbocycles. The number of nitrogens with zero attached hydrogens (tertiary/aromatic N) is 2. The van der Waals surface area contributed by atoms with Gasteiger partial charge < -0.3 is 10.5 Å². The zero-order valence-corrected chi connectivity index (χ0v) is 9.97. The van der Waals surface area contributed by atoms with E-state index in [1.165, 1.54) is 36.8 Å². The minimum Gasteiger partial charge on any atom is -0.464 e. The number of rotatable bonds is 4. The van der Waals surface area contributed by atoms with Crippen molar-refractivity contribution in [1.82, 2.24) is 9.78 Å². The summed E-state index contributed by atoms with van der Waals surface area (Å²) in [5.41, 5.74) is 5.46. The Morgan fingerprint density at radius 2 is 2.24 bits per heavy atom. The van der Waals surface area contributed by atoms with Crippen molar-refractivity contribution in [2.45, 2.75) is 38.6 Å².